The lowest BCUT2D eigenvalue weighted by Crippen LogP contribution is -2.35. The number of hydrogen-bond donors (Lipinski definition) is 0. The van der Waals surface area contributed by atoms with E-state index >= 15 is 0 Å². The smallest absolute Gasteiger partial charge is 0.211 e. The second-order valence-corrected chi connectivity index (χ2v) is 7.01. The molecule has 0 bridgehead atoms. The van der Waals surface area contributed by atoms with Crippen LogP contribution in [0, 0.1) is 0 Å². The van der Waals surface area contributed by atoms with E-state index in [-0.39, 0.29) is 0 Å². The molecule has 0 atom stereocenters. The van der Waals surface area contributed by atoms with Crippen LogP contribution in [0.25, 0.3) is 0 Å². The molecule has 1 heterocycles. The summed E-state index contributed by atoms with van der Waals surface area (Å²) in [6, 6.07) is 6.40. The fourth-order valence-corrected chi connectivity index (χ4v) is 2.99. The third-order valence-electron chi connectivity index (χ3n) is 3.34. The van der Waals surface area contributed by atoms with E-state index in [9.17, 15) is 8.42 Å². The van der Waals surface area contributed by atoms with Crippen LogP contribution >= 0.6 is 0 Å². The molecule has 1 aliphatic rings. The highest BCUT2D eigenvalue weighted by molar-refractivity contribution is 7.88. The molecule has 0 saturated heterocycles. The number of hydrogen-bond acceptors (Lipinski definition) is 2. The largest absolute Gasteiger partial charge is 0.212 e. The Bertz CT molecular complexity index is 520. The first-order valence-corrected chi connectivity index (χ1v) is 7.79. The first-order chi connectivity index (χ1) is 7.88. The Balaban J connectivity index is 2.29. The predicted octanol–water partition coefficient (Wildman–Crippen LogP) is 2.13. The Morgan fingerprint density at radius 2 is 1.94 bits per heavy atom. The molecule has 0 aromatic heterocycles. The second kappa shape index (κ2) is 4.42. The van der Waals surface area contributed by atoms with E-state index in [1.54, 1.807) is 4.31 Å². The lowest BCUT2D eigenvalue weighted by atomic mass is 9.94. The molecule has 0 unspecified atom stereocenters. The minimum absolute atomic E-state index is 0.520. The van der Waals surface area contributed by atoms with Gasteiger partial charge in [0.1, 0.15) is 0 Å². The average molecular weight is 253 g/mol. The van der Waals surface area contributed by atoms with Gasteiger partial charge in [-0.05, 0) is 29.0 Å². The molecule has 4 heteroatoms. The van der Waals surface area contributed by atoms with Gasteiger partial charge in [-0.1, -0.05) is 32.0 Å². The Morgan fingerprint density at radius 1 is 1.24 bits per heavy atom. The quantitative estimate of drug-likeness (QED) is 0.809. The predicted molar refractivity (Wildman–Crippen MR) is 69.5 cm³/mol. The molecule has 0 amide bonds. The molecule has 94 valence electrons. The van der Waals surface area contributed by atoms with Gasteiger partial charge in [0.2, 0.25) is 10.0 Å². The number of nitrogens with zero attached hydrogens (tertiary/aromatic N) is 1. The van der Waals surface area contributed by atoms with E-state index < -0.39 is 10.0 Å². The molecular formula is C13H19NO2S. The summed E-state index contributed by atoms with van der Waals surface area (Å²) in [5, 5.41) is 0. The normalized spacial score (nSPS) is 17.2. The highest BCUT2D eigenvalue weighted by atomic mass is 32.2. The minimum atomic E-state index is -3.06. The van der Waals surface area contributed by atoms with Crippen molar-refractivity contribution in [3.63, 3.8) is 0 Å². The zero-order valence-corrected chi connectivity index (χ0v) is 11.4. The summed E-state index contributed by atoms with van der Waals surface area (Å²) in [6.07, 6.45) is 2.10. The summed E-state index contributed by atoms with van der Waals surface area (Å²) in [7, 11) is -3.06. The molecule has 0 radical (unpaired) electrons. The molecule has 0 aliphatic carbocycles. The summed E-state index contributed by atoms with van der Waals surface area (Å²) in [5.41, 5.74) is 3.78. The van der Waals surface area contributed by atoms with Crippen molar-refractivity contribution in [1.82, 2.24) is 4.31 Å². The Hall–Kier alpha value is -0.870. The molecular weight excluding hydrogens is 234 g/mol. The van der Waals surface area contributed by atoms with Gasteiger partial charge in [0, 0.05) is 13.1 Å². The van der Waals surface area contributed by atoms with E-state index in [4.69, 9.17) is 0 Å². The van der Waals surface area contributed by atoms with Crippen LogP contribution in [0.3, 0.4) is 0 Å². The second-order valence-electron chi connectivity index (χ2n) is 5.03. The molecule has 1 aliphatic heterocycles. The zero-order valence-electron chi connectivity index (χ0n) is 10.6. The summed E-state index contributed by atoms with van der Waals surface area (Å²) >= 11 is 0. The molecule has 0 N–H and O–H groups in total. The number of fused-ring (bicyclic) bond motifs is 1. The monoisotopic (exact) mass is 253 g/mol. The maximum atomic E-state index is 11.5. The minimum Gasteiger partial charge on any atom is -0.212 e. The van der Waals surface area contributed by atoms with Gasteiger partial charge < -0.3 is 0 Å². The Kier molecular flexibility index (Phi) is 3.27. The van der Waals surface area contributed by atoms with Crippen molar-refractivity contribution in [3.8, 4) is 0 Å². The highest BCUT2D eigenvalue weighted by Gasteiger charge is 2.23. The van der Waals surface area contributed by atoms with Gasteiger partial charge in [0.25, 0.3) is 0 Å². The molecule has 3 nitrogen and oxygen atoms in total. The van der Waals surface area contributed by atoms with Crippen molar-refractivity contribution in [2.45, 2.75) is 32.7 Å². The molecule has 1 aromatic carbocycles. The first-order valence-electron chi connectivity index (χ1n) is 5.95. The Morgan fingerprint density at radius 3 is 2.53 bits per heavy atom. The molecule has 1 aromatic rings. The van der Waals surface area contributed by atoms with Crippen molar-refractivity contribution >= 4 is 10.0 Å². The van der Waals surface area contributed by atoms with Crippen LogP contribution in [-0.4, -0.2) is 25.5 Å². The van der Waals surface area contributed by atoms with Gasteiger partial charge in [-0.3, -0.25) is 0 Å². The molecule has 0 fully saturated rings. The van der Waals surface area contributed by atoms with E-state index in [2.05, 4.69) is 32.0 Å². The standard InChI is InChI=1S/C13H19NO2S/c1-10(2)11-4-5-13-9-14(17(3,15)16)7-6-12(13)8-11/h4-5,8,10H,6-7,9H2,1-3H3. The topological polar surface area (TPSA) is 37.4 Å². The number of rotatable bonds is 2. The van der Waals surface area contributed by atoms with Gasteiger partial charge in [-0.15, -0.1) is 0 Å². The van der Waals surface area contributed by atoms with Gasteiger partial charge in [0.15, 0.2) is 0 Å². The van der Waals surface area contributed by atoms with Crippen LogP contribution in [0.15, 0.2) is 18.2 Å². The van der Waals surface area contributed by atoms with Gasteiger partial charge in [0.05, 0.1) is 6.26 Å². The Labute approximate surface area is 104 Å². The van der Waals surface area contributed by atoms with E-state index in [0.29, 0.717) is 19.0 Å². The summed E-state index contributed by atoms with van der Waals surface area (Å²) in [4.78, 5) is 0. The summed E-state index contributed by atoms with van der Waals surface area (Å²) in [6.45, 7) is 5.47. The fourth-order valence-electron chi connectivity index (χ4n) is 2.19. The molecule has 0 saturated carbocycles. The van der Waals surface area contributed by atoms with Crippen LogP contribution in [-0.2, 0) is 23.0 Å². The molecule has 17 heavy (non-hydrogen) atoms. The summed E-state index contributed by atoms with van der Waals surface area (Å²) in [5.74, 6) is 0.522. The van der Waals surface area contributed by atoms with E-state index in [0.717, 1.165) is 12.0 Å². The van der Waals surface area contributed by atoms with Crippen molar-refractivity contribution in [2.24, 2.45) is 0 Å². The van der Waals surface area contributed by atoms with E-state index in [1.165, 1.54) is 17.4 Å². The van der Waals surface area contributed by atoms with Crippen molar-refractivity contribution in [2.75, 3.05) is 12.8 Å². The summed E-state index contributed by atoms with van der Waals surface area (Å²) < 4.78 is 24.5. The van der Waals surface area contributed by atoms with Crippen molar-refractivity contribution in [3.05, 3.63) is 34.9 Å². The lowest BCUT2D eigenvalue weighted by molar-refractivity contribution is 0.394. The third-order valence-corrected chi connectivity index (χ3v) is 4.59. The first kappa shape index (κ1) is 12.6. The van der Waals surface area contributed by atoms with E-state index in [1.807, 2.05) is 0 Å². The van der Waals surface area contributed by atoms with Gasteiger partial charge in [-0.25, -0.2) is 8.42 Å². The average Bonchev–Trinajstić information content (AvgIpc) is 2.26. The van der Waals surface area contributed by atoms with Crippen LogP contribution in [0.4, 0.5) is 0 Å². The van der Waals surface area contributed by atoms with Crippen molar-refractivity contribution < 1.29 is 8.42 Å². The van der Waals surface area contributed by atoms with Crippen LogP contribution in [0.1, 0.15) is 36.5 Å². The van der Waals surface area contributed by atoms with Crippen LogP contribution < -0.4 is 0 Å². The fraction of sp³-hybridized carbons (Fsp3) is 0.538. The highest BCUT2D eigenvalue weighted by Crippen LogP contribution is 2.24. The van der Waals surface area contributed by atoms with Crippen molar-refractivity contribution in [1.29, 1.82) is 0 Å². The van der Waals surface area contributed by atoms with Crippen LogP contribution in [0.2, 0.25) is 0 Å². The lowest BCUT2D eigenvalue weighted by Gasteiger charge is -2.27. The number of benzene rings is 1. The zero-order chi connectivity index (χ0) is 12.6. The molecule has 0 spiro atoms. The van der Waals surface area contributed by atoms with Gasteiger partial charge >= 0.3 is 0 Å². The number of sulfonamides is 1. The van der Waals surface area contributed by atoms with Crippen LogP contribution in [0.5, 0.6) is 0 Å². The molecule has 2 rings (SSSR count). The SMILES string of the molecule is CC(C)c1ccc2c(c1)CCN(S(C)(=O)=O)C2. The maximum Gasteiger partial charge on any atom is 0.211 e. The maximum absolute atomic E-state index is 11.5. The third kappa shape index (κ3) is 2.69. The van der Waals surface area contributed by atoms with Gasteiger partial charge in [-0.2, -0.15) is 4.31 Å².